The molecule has 0 aliphatic heterocycles. The van der Waals surface area contributed by atoms with Crippen molar-refractivity contribution in [3.8, 4) is 6.07 Å². The van der Waals surface area contributed by atoms with Gasteiger partial charge in [-0.2, -0.15) is 5.26 Å². The highest BCUT2D eigenvalue weighted by Gasteiger charge is 2.07. The summed E-state index contributed by atoms with van der Waals surface area (Å²) < 4.78 is 0. The highest BCUT2D eigenvalue weighted by Crippen LogP contribution is 2.21. The van der Waals surface area contributed by atoms with Crippen molar-refractivity contribution in [3.63, 3.8) is 0 Å². The minimum absolute atomic E-state index is 0.00971. The van der Waals surface area contributed by atoms with Gasteiger partial charge in [0.15, 0.2) is 0 Å². The summed E-state index contributed by atoms with van der Waals surface area (Å²) in [6.45, 7) is 5.91. The second-order valence-corrected chi connectivity index (χ2v) is 3.74. The van der Waals surface area contributed by atoms with E-state index in [0.717, 1.165) is 22.4 Å². The second-order valence-electron chi connectivity index (χ2n) is 3.74. The molecule has 0 saturated heterocycles. The van der Waals surface area contributed by atoms with Gasteiger partial charge in [0.1, 0.15) is 6.54 Å². The van der Waals surface area contributed by atoms with E-state index in [-0.39, 0.29) is 12.6 Å². The zero-order valence-electron chi connectivity index (χ0n) is 9.72. The smallest absolute Gasteiger partial charge is 0.320 e. The number of nitrogens with one attached hydrogen (secondary N) is 2. The molecule has 0 spiro atoms. The summed E-state index contributed by atoms with van der Waals surface area (Å²) in [4.78, 5) is 11.4. The fourth-order valence-corrected chi connectivity index (χ4v) is 1.65. The molecule has 84 valence electrons. The second kappa shape index (κ2) is 5.17. The highest BCUT2D eigenvalue weighted by atomic mass is 16.2. The van der Waals surface area contributed by atoms with E-state index in [1.807, 2.05) is 39.0 Å². The third-order valence-corrected chi connectivity index (χ3v) is 2.24. The molecule has 0 fully saturated rings. The first kappa shape index (κ1) is 12.1. The van der Waals surface area contributed by atoms with Crippen LogP contribution >= 0.6 is 0 Å². The van der Waals surface area contributed by atoms with Crippen molar-refractivity contribution in [1.82, 2.24) is 5.32 Å². The number of nitriles is 1. The van der Waals surface area contributed by atoms with Crippen molar-refractivity contribution in [2.75, 3.05) is 11.9 Å². The number of rotatable bonds is 2. The lowest BCUT2D eigenvalue weighted by Gasteiger charge is -2.12. The average Bonchev–Trinajstić information content (AvgIpc) is 2.20. The largest absolute Gasteiger partial charge is 0.325 e. The van der Waals surface area contributed by atoms with Gasteiger partial charge < -0.3 is 10.6 Å². The summed E-state index contributed by atoms with van der Waals surface area (Å²) in [5, 5.41) is 13.5. The van der Waals surface area contributed by atoms with Crippen LogP contribution in [0.25, 0.3) is 0 Å². The van der Waals surface area contributed by atoms with Crippen LogP contribution in [0, 0.1) is 32.1 Å². The number of hydrogen-bond donors (Lipinski definition) is 2. The SMILES string of the molecule is Cc1cc(C)c(NC(=O)NCC#N)c(C)c1. The van der Waals surface area contributed by atoms with E-state index in [4.69, 9.17) is 5.26 Å². The molecule has 2 N–H and O–H groups in total. The van der Waals surface area contributed by atoms with Crippen LogP contribution in [-0.2, 0) is 0 Å². The molecule has 0 bridgehead atoms. The number of amides is 2. The molecule has 0 radical (unpaired) electrons. The van der Waals surface area contributed by atoms with Crippen molar-refractivity contribution < 1.29 is 4.79 Å². The maximum Gasteiger partial charge on any atom is 0.320 e. The Morgan fingerprint density at radius 3 is 2.38 bits per heavy atom. The summed E-state index contributed by atoms with van der Waals surface area (Å²) in [7, 11) is 0. The summed E-state index contributed by atoms with van der Waals surface area (Å²) in [6.07, 6.45) is 0. The van der Waals surface area contributed by atoms with Crippen molar-refractivity contribution in [2.45, 2.75) is 20.8 Å². The molecule has 0 saturated carbocycles. The molecule has 16 heavy (non-hydrogen) atoms. The molecule has 0 aromatic heterocycles. The summed E-state index contributed by atoms with van der Waals surface area (Å²) in [5.74, 6) is 0. The monoisotopic (exact) mass is 217 g/mol. The lowest BCUT2D eigenvalue weighted by Crippen LogP contribution is -2.29. The zero-order chi connectivity index (χ0) is 12.1. The van der Waals surface area contributed by atoms with Gasteiger partial charge in [0, 0.05) is 5.69 Å². The van der Waals surface area contributed by atoms with E-state index in [1.54, 1.807) is 0 Å². The van der Waals surface area contributed by atoms with Gasteiger partial charge in [-0.05, 0) is 31.9 Å². The Morgan fingerprint density at radius 2 is 1.88 bits per heavy atom. The van der Waals surface area contributed by atoms with Crippen LogP contribution in [0.4, 0.5) is 10.5 Å². The zero-order valence-corrected chi connectivity index (χ0v) is 9.72. The van der Waals surface area contributed by atoms with E-state index in [1.165, 1.54) is 0 Å². The van der Waals surface area contributed by atoms with Gasteiger partial charge in [0.25, 0.3) is 0 Å². The van der Waals surface area contributed by atoms with Crippen LogP contribution in [0.5, 0.6) is 0 Å². The van der Waals surface area contributed by atoms with Gasteiger partial charge >= 0.3 is 6.03 Å². The van der Waals surface area contributed by atoms with Gasteiger partial charge in [0.05, 0.1) is 6.07 Å². The number of carbonyl (C=O) groups excluding carboxylic acids is 1. The summed E-state index contributed by atoms with van der Waals surface area (Å²) >= 11 is 0. The normalized spacial score (nSPS) is 9.38. The topological polar surface area (TPSA) is 64.9 Å². The molecular formula is C12H15N3O. The lowest BCUT2D eigenvalue weighted by atomic mass is 10.1. The molecule has 4 nitrogen and oxygen atoms in total. The van der Waals surface area contributed by atoms with Crippen molar-refractivity contribution >= 4 is 11.7 Å². The Labute approximate surface area is 95.3 Å². The first-order valence-electron chi connectivity index (χ1n) is 5.04. The quantitative estimate of drug-likeness (QED) is 0.746. The molecule has 0 aliphatic rings. The maximum atomic E-state index is 11.4. The van der Waals surface area contributed by atoms with Crippen LogP contribution < -0.4 is 10.6 Å². The van der Waals surface area contributed by atoms with Crippen molar-refractivity contribution in [3.05, 3.63) is 28.8 Å². The van der Waals surface area contributed by atoms with E-state index < -0.39 is 0 Å². The maximum absolute atomic E-state index is 11.4. The van der Waals surface area contributed by atoms with Crippen LogP contribution in [0.15, 0.2) is 12.1 Å². The predicted molar refractivity (Wildman–Crippen MR) is 63.3 cm³/mol. The van der Waals surface area contributed by atoms with Crippen molar-refractivity contribution in [1.29, 1.82) is 5.26 Å². The van der Waals surface area contributed by atoms with Gasteiger partial charge in [-0.3, -0.25) is 0 Å². The van der Waals surface area contributed by atoms with Gasteiger partial charge in [-0.25, -0.2) is 4.79 Å². The molecule has 1 aromatic carbocycles. The molecule has 4 heteroatoms. The van der Waals surface area contributed by atoms with E-state index in [0.29, 0.717) is 0 Å². The van der Waals surface area contributed by atoms with Crippen LogP contribution in [0.1, 0.15) is 16.7 Å². The van der Waals surface area contributed by atoms with E-state index in [9.17, 15) is 4.79 Å². The first-order chi connectivity index (χ1) is 7.54. The van der Waals surface area contributed by atoms with Crippen LogP contribution in [0.2, 0.25) is 0 Å². The van der Waals surface area contributed by atoms with Crippen LogP contribution in [0.3, 0.4) is 0 Å². The number of anilines is 1. The summed E-state index contributed by atoms with van der Waals surface area (Å²) in [6, 6.07) is 5.51. The van der Waals surface area contributed by atoms with Gasteiger partial charge in [-0.1, -0.05) is 17.7 Å². The fraction of sp³-hybridized carbons (Fsp3) is 0.333. The third-order valence-electron chi connectivity index (χ3n) is 2.24. The Balaban J connectivity index is 2.82. The minimum Gasteiger partial charge on any atom is -0.325 e. The number of benzene rings is 1. The number of hydrogen-bond acceptors (Lipinski definition) is 2. The molecule has 0 heterocycles. The van der Waals surface area contributed by atoms with E-state index >= 15 is 0 Å². The minimum atomic E-state index is -0.350. The number of nitrogens with zero attached hydrogens (tertiary/aromatic N) is 1. The van der Waals surface area contributed by atoms with Gasteiger partial charge in [0.2, 0.25) is 0 Å². The summed E-state index contributed by atoms with van der Waals surface area (Å²) in [5.41, 5.74) is 4.01. The lowest BCUT2D eigenvalue weighted by molar-refractivity contribution is 0.253. The van der Waals surface area contributed by atoms with Crippen molar-refractivity contribution in [2.24, 2.45) is 0 Å². The number of aryl methyl sites for hydroxylation is 3. The average molecular weight is 217 g/mol. The van der Waals surface area contributed by atoms with E-state index in [2.05, 4.69) is 10.6 Å². The number of urea groups is 1. The Morgan fingerprint density at radius 1 is 1.31 bits per heavy atom. The molecule has 0 atom stereocenters. The highest BCUT2D eigenvalue weighted by molar-refractivity contribution is 5.91. The first-order valence-corrected chi connectivity index (χ1v) is 5.04. The Bertz CT molecular complexity index is 423. The predicted octanol–water partition coefficient (Wildman–Crippen LogP) is 2.26. The molecular weight excluding hydrogens is 202 g/mol. The third kappa shape index (κ3) is 2.99. The standard InChI is InChI=1S/C12H15N3O/c1-8-6-9(2)11(10(3)7-8)15-12(16)14-5-4-13/h6-7H,5H2,1-3H3,(H2,14,15,16). The van der Waals surface area contributed by atoms with Gasteiger partial charge in [-0.15, -0.1) is 0 Å². The molecule has 1 rings (SSSR count). The van der Waals surface area contributed by atoms with Crippen LogP contribution in [-0.4, -0.2) is 12.6 Å². The fourth-order valence-electron chi connectivity index (χ4n) is 1.65. The Kier molecular flexibility index (Phi) is 3.90. The molecule has 0 aliphatic carbocycles. The number of carbonyl (C=O) groups is 1. The molecule has 1 aromatic rings. The molecule has 2 amide bonds. The molecule has 0 unspecified atom stereocenters. The Hall–Kier alpha value is -2.02.